The molecule has 0 heterocycles. The summed E-state index contributed by atoms with van der Waals surface area (Å²) in [6.07, 6.45) is 1.35. The van der Waals surface area contributed by atoms with Crippen LogP contribution >= 0.6 is 0 Å². The zero-order chi connectivity index (χ0) is 29.3. The Hall–Kier alpha value is -3.35. The van der Waals surface area contributed by atoms with Crippen molar-refractivity contribution < 1.29 is 19.1 Å². The molecule has 3 unspecified atom stereocenters. The monoisotopic (exact) mass is 537 g/mol. The normalized spacial score (nSPS) is 13.8. The van der Waals surface area contributed by atoms with E-state index in [0.29, 0.717) is 0 Å². The largest absolute Gasteiger partial charge is 0.444 e. The molecule has 0 saturated carbocycles. The van der Waals surface area contributed by atoms with E-state index in [1.165, 1.54) is 0 Å². The summed E-state index contributed by atoms with van der Waals surface area (Å²) in [6, 6.07) is 13.3. The van der Waals surface area contributed by atoms with Crippen LogP contribution in [-0.4, -0.2) is 46.5 Å². The maximum atomic E-state index is 14.4. The van der Waals surface area contributed by atoms with Crippen molar-refractivity contribution in [1.82, 2.24) is 15.5 Å². The fourth-order valence-corrected chi connectivity index (χ4v) is 4.79. The quantitative estimate of drug-likeness (QED) is 0.367. The summed E-state index contributed by atoms with van der Waals surface area (Å²) in [7, 11) is 0. The predicted molar refractivity (Wildman–Crippen MR) is 156 cm³/mol. The maximum absolute atomic E-state index is 14.4. The van der Waals surface area contributed by atoms with Gasteiger partial charge in [0.2, 0.25) is 11.8 Å². The SMILES string of the molecule is CCCC(C)NC(=O)C(c1cc(C)cc(C)c1)N(C(=O)C(Cc1ccccc1)NC(=O)OC(C)(C)C)C(C)C. The molecular formula is C32H47N3O4. The molecule has 3 atom stereocenters. The van der Waals surface area contributed by atoms with E-state index in [-0.39, 0.29) is 30.3 Å². The van der Waals surface area contributed by atoms with Crippen LogP contribution in [0.25, 0.3) is 0 Å². The highest BCUT2D eigenvalue weighted by molar-refractivity contribution is 5.92. The zero-order valence-electron chi connectivity index (χ0n) is 25.1. The van der Waals surface area contributed by atoms with Gasteiger partial charge in [-0.2, -0.15) is 0 Å². The molecule has 2 aromatic rings. The lowest BCUT2D eigenvalue weighted by atomic mass is 9.96. The van der Waals surface area contributed by atoms with Crippen molar-refractivity contribution in [3.05, 3.63) is 70.8 Å². The highest BCUT2D eigenvalue weighted by atomic mass is 16.6. The van der Waals surface area contributed by atoms with E-state index < -0.39 is 23.8 Å². The van der Waals surface area contributed by atoms with Gasteiger partial charge < -0.3 is 20.3 Å². The number of rotatable bonds is 11. The summed E-state index contributed by atoms with van der Waals surface area (Å²) in [4.78, 5) is 42.7. The van der Waals surface area contributed by atoms with Crippen molar-refractivity contribution in [2.45, 2.75) is 111 Å². The van der Waals surface area contributed by atoms with Crippen molar-refractivity contribution in [3.63, 3.8) is 0 Å². The van der Waals surface area contributed by atoms with Crippen molar-refractivity contribution in [1.29, 1.82) is 0 Å². The van der Waals surface area contributed by atoms with Crippen LogP contribution in [0.1, 0.15) is 89.6 Å². The number of ether oxygens (including phenoxy) is 1. The van der Waals surface area contributed by atoms with E-state index >= 15 is 0 Å². The van der Waals surface area contributed by atoms with Gasteiger partial charge in [-0.3, -0.25) is 9.59 Å². The first-order valence-corrected chi connectivity index (χ1v) is 14.0. The lowest BCUT2D eigenvalue weighted by Crippen LogP contribution is -2.56. The molecule has 39 heavy (non-hydrogen) atoms. The number of aryl methyl sites for hydroxylation is 2. The van der Waals surface area contributed by atoms with Crippen LogP contribution in [0.3, 0.4) is 0 Å². The molecular weight excluding hydrogens is 490 g/mol. The molecule has 0 spiro atoms. The first kappa shape index (κ1) is 31.9. The molecule has 0 aromatic heterocycles. The van der Waals surface area contributed by atoms with Crippen LogP contribution in [0.5, 0.6) is 0 Å². The highest BCUT2D eigenvalue weighted by Crippen LogP contribution is 2.28. The van der Waals surface area contributed by atoms with Gasteiger partial charge in [-0.1, -0.05) is 73.0 Å². The van der Waals surface area contributed by atoms with Gasteiger partial charge in [-0.25, -0.2) is 4.79 Å². The molecule has 2 N–H and O–H groups in total. The van der Waals surface area contributed by atoms with Crippen LogP contribution < -0.4 is 10.6 Å². The van der Waals surface area contributed by atoms with Gasteiger partial charge in [0.05, 0.1) is 0 Å². The van der Waals surface area contributed by atoms with Gasteiger partial charge in [0.15, 0.2) is 0 Å². The van der Waals surface area contributed by atoms with E-state index in [0.717, 1.165) is 35.1 Å². The number of carbonyl (C=O) groups excluding carboxylic acids is 3. The van der Waals surface area contributed by atoms with Gasteiger partial charge in [-0.15, -0.1) is 0 Å². The fraction of sp³-hybridized carbons (Fsp3) is 0.531. The summed E-state index contributed by atoms with van der Waals surface area (Å²) in [5.41, 5.74) is 2.92. The minimum absolute atomic E-state index is 0.0416. The Labute approximate surface area is 234 Å². The molecule has 0 radical (unpaired) electrons. The highest BCUT2D eigenvalue weighted by Gasteiger charge is 2.38. The molecule has 2 aromatic carbocycles. The van der Waals surface area contributed by atoms with Crippen LogP contribution in [0.15, 0.2) is 48.5 Å². The number of amides is 3. The molecule has 0 aliphatic carbocycles. The van der Waals surface area contributed by atoms with Gasteiger partial charge in [0, 0.05) is 18.5 Å². The third-order valence-electron chi connectivity index (χ3n) is 6.28. The lowest BCUT2D eigenvalue weighted by Gasteiger charge is -2.38. The molecule has 214 valence electrons. The first-order valence-electron chi connectivity index (χ1n) is 14.0. The average Bonchev–Trinajstić information content (AvgIpc) is 2.80. The number of hydrogen-bond acceptors (Lipinski definition) is 4. The maximum Gasteiger partial charge on any atom is 0.408 e. The molecule has 0 aliphatic rings. The lowest BCUT2D eigenvalue weighted by molar-refractivity contribution is -0.144. The Kier molecular flexibility index (Phi) is 11.6. The van der Waals surface area contributed by atoms with E-state index in [1.807, 2.05) is 83.1 Å². The summed E-state index contributed by atoms with van der Waals surface area (Å²) in [5.74, 6) is -0.583. The summed E-state index contributed by atoms with van der Waals surface area (Å²) >= 11 is 0. The first-order chi connectivity index (χ1) is 18.2. The summed E-state index contributed by atoms with van der Waals surface area (Å²) in [5, 5.41) is 5.93. The van der Waals surface area contributed by atoms with E-state index in [9.17, 15) is 14.4 Å². The minimum Gasteiger partial charge on any atom is -0.444 e. The third kappa shape index (κ3) is 10.0. The second-order valence-electron chi connectivity index (χ2n) is 11.7. The molecule has 7 heteroatoms. The standard InChI is InChI=1S/C32H47N3O4/c1-10-14-24(6)33-29(36)28(26-18-22(4)17-23(5)19-26)35(21(2)3)30(37)27(20-25-15-12-11-13-16-25)34-31(38)39-32(7,8)9/h11-13,15-19,21,24,27-28H,10,14,20H2,1-9H3,(H,33,36)(H,34,38). The molecule has 0 fully saturated rings. The van der Waals surface area contributed by atoms with Crippen LogP contribution in [-0.2, 0) is 20.7 Å². The van der Waals surface area contributed by atoms with Crippen molar-refractivity contribution in [2.24, 2.45) is 0 Å². The van der Waals surface area contributed by atoms with Gasteiger partial charge >= 0.3 is 6.09 Å². The van der Waals surface area contributed by atoms with Crippen molar-refractivity contribution in [2.75, 3.05) is 0 Å². The number of alkyl carbamates (subject to hydrolysis) is 1. The van der Waals surface area contributed by atoms with E-state index in [2.05, 4.69) is 17.6 Å². The van der Waals surface area contributed by atoms with Crippen LogP contribution in [0, 0.1) is 13.8 Å². The number of carbonyl (C=O) groups is 3. The van der Waals surface area contributed by atoms with Crippen molar-refractivity contribution >= 4 is 17.9 Å². The fourth-order valence-electron chi connectivity index (χ4n) is 4.79. The Morgan fingerprint density at radius 1 is 0.923 bits per heavy atom. The minimum atomic E-state index is -0.932. The number of hydrogen-bond donors (Lipinski definition) is 2. The van der Waals surface area contributed by atoms with Crippen LogP contribution in [0.2, 0.25) is 0 Å². The Morgan fingerprint density at radius 3 is 2.03 bits per heavy atom. The molecule has 0 bridgehead atoms. The second-order valence-corrected chi connectivity index (χ2v) is 11.7. The summed E-state index contributed by atoms with van der Waals surface area (Å²) in [6.45, 7) is 17.1. The van der Waals surface area contributed by atoms with E-state index in [4.69, 9.17) is 4.74 Å². The third-order valence-corrected chi connectivity index (χ3v) is 6.28. The van der Waals surface area contributed by atoms with Crippen molar-refractivity contribution in [3.8, 4) is 0 Å². The molecule has 7 nitrogen and oxygen atoms in total. The molecule has 2 rings (SSSR count). The average molecular weight is 538 g/mol. The Balaban J connectivity index is 2.57. The topological polar surface area (TPSA) is 87.7 Å². The Bertz CT molecular complexity index is 1090. The van der Waals surface area contributed by atoms with Gasteiger partial charge in [0.25, 0.3) is 0 Å². The number of benzene rings is 2. The smallest absolute Gasteiger partial charge is 0.408 e. The molecule has 0 saturated heterocycles. The summed E-state index contributed by atoms with van der Waals surface area (Å²) < 4.78 is 5.50. The molecule has 0 aliphatic heterocycles. The van der Waals surface area contributed by atoms with Gasteiger partial charge in [0.1, 0.15) is 17.7 Å². The second kappa shape index (κ2) is 14.2. The van der Waals surface area contributed by atoms with E-state index in [1.54, 1.807) is 25.7 Å². The molecule has 3 amide bonds. The zero-order valence-corrected chi connectivity index (χ0v) is 25.1. The number of nitrogens with zero attached hydrogens (tertiary/aromatic N) is 1. The number of nitrogens with one attached hydrogen (secondary N) is 2. The predicted octanol–water partition coefficient (Wildman–Crippen LogP) is 6.02. The Morgan fingerprint density at radius 2 is 1.51 bits per heavy atom. The van der Waals surface area contributed by atoms with Gasteiger partial charge in [-0.05, 0) is 72.9 Å². The van der Waals surface area contributed by atoms with Crippen LogP contribution in [0.4, 0.5) is 4.79 Å².